The highest BCUT2D eigenvalue weighted by Gasteiger charge is 2.33. The van der Waals surface area contributed by atoms with E-state index in [1.165, 1.54) is 4.90 Å². The van der Waals surface area contributed by atoms with Gasteiger partial charge < -0.3 is 10.2 Å². The molecule has 0 bridgehead atoms. The maximum Gasteiger partial charge on any atom is 0.247 e. The van der Waals surface area contributed by atoms with Crippen molar-refractivity contribution in [2.45, 2.75) is 32.5 Å². The van der Waals surface area contributed by atoms with Gasteiger partial charge in [0, 0.05) is 24.7 Å². The molecule has 0 saturated carbocycles. The molecule has 3 aromatic carbocycles. The number of carbonyl (C=O) groups excluding carboxylic acids is 2. The molecule has 1 N–H and O–H groups in total. The van der Waals surface area contributed by atoms with Crippen LogP contribution in [0.15, 0.2) is 84.9 Å². The lowest BCUT2D eigenvalue weighted by Gasteiger charge is -2.33. The third kappa shape index (κ3) is 8.42. The molecule has 1 atom stereocenters. The Morgan fingerprint density at radius 2 is 1.43 bits per heavy atom. The smallest absolute Gasteiger partial charge is 0.247 e. The van der Waals surface area contributed by atoms with Crippen molar-refractivity contribution in [1.82, 2.24) is 14.5 Å². The van der Waals surface area contributed by atoms with Gasteiger partial charge in [-0.2, -0.15) is 4.31 Å². The van der Waals surface area contributed by atoms with Crippen molar-refractivity contribution in [1.29, 1.82) is 0 Å². The molecule has 0 saturated heterocycles. The fraction of sp³-hybridized carbons (Fsp3) is 0.286. The third-order valence-electron chi connectivity index (χ3n) is 5.79. The maximum absolute atomic E-state index is 13.9. The van der Waals surface area contributed by atoms with Gasteiger partial charge in [0.05, 0.1) is 12.8 Å². The minimum absolute atomic E-state index is 0.0399. The van der Waals surface area contributed by atoms with E-state index in [2.05, 4.69) is 5.32 Å². The van der Waals surface area contributed by atoms with Gasteiger partial charge in [0.15, 0.2) is 0 Å². The maximum atomic E-state index is 13.9. The molecule has 0 heterocycles. The second-order valence-electron chi connectivity index (χ2n) is 8.77. The van der Waals surface area contributed by atoms with E-state index in [1.807, 2.05) is 31.2 Å². The van der Waals surface area contributed by atoms with Crippen molar-refractivity contribution in [3.63, 3.8) is 0 Å². The number of carbonyl (C=O) groups is 2. The molecule has 2 amide bonds. The molecule has 0 fully saturated rings. The normalized spacial score (nSPS) is 12.2. The highest BCUT2D eigenvalue weighted by Crippen LogP contribution is 2.25. The van der Waals surface area contributed by atoms with E-state index in [4.69, 9.17) is 11.6 Å². The summed E-state index contributed by atoms with van der Waals surface area (Å²) in [5.74, 6) is -0.818. The van der Waals surface area contributed by atoms with Crippen LogP contribution in [0.4, 0.5) is 0 Å². The number of amides is 2. The molecule has 0 spiro atoms. The Morgan fingerprint density at radius 3 is 2.00 bits per heavy atom. The van der Waals surface area contributed by atoms with E-state index >= 15 is 0 Å². The molecule has 196 valence electrons. The Bertz CT molecular complexity index is 1270. The van der Waals surface area contributed by atoms with Gasteiger partial charge in [-0.05, 0) is 35.2 Å². The summed E-state index contributed by atoms with van der Waals surface area (Å²) in [5, 5.41) is 3.45. The van der Waals surface area contributed by atoms with Gasteiger partial charge in [0.25, 0.3) is 0 Å². The van der Waals surface area contributed by atoms with Crippen LogP contribution >= 0.6 is 11.6 Å². The third-order valence-corrected chi connectivity index (χ3v) is 7.24. The SMILES string of the molecule is CCCNC(=O)[C@@H](c1ccccc1)N(Cc1ccc(Cl)cc1)C(=O)CN(Cc1ccccc1)S(C)(=O)=O. The van der Waals surface area contributed by atoms with Crippen LogP contribution in [0, 0.1) is 0 Å². The minimum atomic E-state index is -3.73. The largest absolute Gasteiger partial charge is 0.354 e. The van der Waals surface area contributed by atoms with Gasteiger partial charge >= 0.3 is 0 Å². The Balaban J connectivity index is 2.00. The first kappa shape index (κ1) is 28.4. The summed E-state index contributed by atoms with van der Waals surface area (Å²) in [7, 11) is -3.73. The summed E-state index contributed by atoms with van der Waals surface area (Å²) in [5.41, 5.74) is 2.15. The van der Waals surface area contributed by atoms with Gasteiger partial charge in [-0.1, -0.05) is 91.3 Å². The van der Waals surface area contributed by atoms with Crippen LogP contribution in [0.25, 0.3) is 0 Å². The number of hydrogen-bond donors (Lipinski definition) is 1. The molecule has 0 aliphatic carbocycles. The number of sulfonamides is 1. The van der Waals surface area contributed by atoms with Gasteiger partial charge in [-0.15, -0.1) is 0 Å². The lowest BCUT2D eigenvalue weighted by Crippen LogP contribution is -2.47. The van der Waals surface area contributed by atoms with E-state index in [0.717, 1.165) is 28.1 Å². The van der Waals surface area contributed by atoms with Gasteiger partial charge in [-0.3, -0.25) is 9.59 Å². The molecule has 0 radical (unpaired) electrons. The highest BCUT2D eigenvalue weighted by molar-refractivity contribution is 7.88. The van der Waals surface area contributed by atoms with E-state index in [0.29, 0.717) is 17.1 Å². The number of benzene rings is 3. The second kappa shape index (κ2) is 13.4. The Morgan fingerprint density at radius 1 is 0.865 bits per heavy atom. The van der Waals surface area contributed by atoms with E-state index in [9.17, 15) is 18.0 Å². The molecule has 0 aliphatic heterocycles. The average Bonchev–Trinajstić information content (AvgIpc) is 2.88. The standard InChI is InChI=1S/C28H32ClN3O4S/c1-3-18-30-28(34)27(24-12-8-5-9-13-24)32(20-23-14-16-25(29)17-15-23)26(33)21-31(37(2,35)36)19-22-10-6-4-7-11-22/h4-17,27H,3,18-21H2,1-2H3,(H,30,34)/t27-/m1/s1. The average molecular weight is 542 g/mol. The summed E-state index contributed by atoms with van der Waals surface area (Å²) in [6.45, 7) is 2.12. The van der Waals surface area contributed by atoms with Crippen LogP contribution < -0.4 is 5.32 Å². The molecule has 37 heavy (non-hydrogen) atoms. The van der Waals surface area contributed by atoms with Crippen molar-refractivity contribution in [2.75, 3.05) is 19.3 Å². The van der Waals surface area contributed by atoms with Crippen molar-refractivity contribution in [3.8, 4) is 0 Å². The highest BCUT2D eigenvalue weighted by atomic mass is 35.5. The summed E-state index contributed by atoms with van der Waals surface area (Å²) in [6.07, 6.45) is 1.81. The molecular formula is C28H32ClN3O4S. The Kier molecular flexibility index (Phi) is 10.3. The van der Waals surface area contributed by atoms with Crippen LogP contribution in [-0.4, -0.2) is 48.8 Å². The molecular weight excluding hydrogens is 510 g/mol. The predicted octanol–water partition coefficient (Wildman–Crippen LogP) is 4.40. The van der Waals surface area contributed by atoms with Crippen molar-refractivity contribution < 1.29 is 18.0 Å². The van der Waals surface area contributed by atoms with Crippen molar-refractivity contribution in [2.24, 2.45) is 0 Å². The number of nitrogens with zero attached hydrogens (tertiary/aromatic N) is 2. The fourth-order valence-corrected chi connectivity index (χ4v) is 4.74. The van der Waals surface area contributed by atoms with E-state index in [-0.39, 0.29) is 19.0 Å². The van der Waals surface area contributed by atoms with Crippen LogP contribution in [0.5, 0.6) is 0 Å². The summed E-state index contributed by atoms with van der Waals surface area (Å²) in [4.78, 5) is 28.7. The van der Waals surface area contributed by atoms with Gasteiger partial charge in [0.1, 0.15) is 6.04 Å². The number of nitrogens with one attached hydrogen (secondary N) is 1. The first-order chi connectivity index (χ1) is 17.7. The topological polar surface area (TPSA) is 86.8 Å². The lowest BCUT2D eigenvalue weighted by molar-refractivity contribution is -0.141. The second-order valence-corrected chi connectivity index (χ2v) is 11.2. The first-order valence-corrected chi connectivity index (χ1v) is 14.3. The summed E-state index contributed by atoms with van der Waals surface area (Å²) in [6, 6.07) is 24.1. The molecule has 3 rings (SSSR count). The number of rotatable bonds is 12. The van der Waals surface area contributed by atoms with Crippen LogP contribution in [0.1, 0.15) is 36.1 Å². The zero-order valence-corrected chi connectivity index (χ0v) is 22.6. The summed E-state index contributed by atoms with van der Waals surface area (Å²) < 4.78 is 26.5. The van der Waals surface area contributed by atoms with Crippen molar-refractivity contribution >= 4 is 33.4 Å². The molecule has 0 unspecified atom stereocenters. The molecule has 0 aliphatic rings. The lowest BCUT2D eigenvalue weighted by atomic mass is 10.0. The molecule has 9 heteroatoms. The van der Waals surface area contributed by atoms with Crippen LogP contribution in [-0.2, 0) is 32.7 Å². The predicted molar refractivity (Wildman–Crippen MR) is 146 cm³/mol. The van der Waals surface area contributed by atoms with Gasteiger partial charge in [-0.25, -0.2) is 8.42 Å². The quantitative estimate of drug-likeness (QED) is 0.368. The zero-order valence-electron chi connectivity index (χ0n) is 21.0. The fourth-order valence-electron chi connectivity index (χ4n) is 3.88. The number of halogens is 1. The van der Waals surface area contributed by atoms with Crippen LogP contribution in [0.2, 0.25) is 5.02 Å². The molecule has 7 nitrogen and oxygen atoms in total. The number of hydrogen-bond acceptors (Lipinski definition) is 4. The van der Waals surface area contributed by atoms with E-state index in [1.54, 1.807) is 60.7 Å². The Labute approximate surface area is 224 Å². The first-order valence-electron chi connectivity index (χ1n) is 12.0. The van der Waals surface area contributed by atoms with Crippen molar-refractivity contribution in [3.05, 3.63) is 107 Å². The van der Waals surface area contributed by atoms with Crippen LogP contribution in [0.3, 0.4) is 0 Å². The summed E-state index contributed by atoms with van der Waals surface area (Å²) >= 11 is 6.05. The Hall–Kier alpha value is -3.20. The van der Waals surface area contributed by atoms with Gasteiger partial charge in [0.2, 0.25) is 21.8 Å². The van der Waals surface area contributed by atoms with E-state index < -0.39 is 28.5 Å². The minimum Gasteiger partial charge on any atom is -0.354 e. The zero-order chi connectivity index (χ0) is 26.8. The monoisotopic (exact) mass is 541 g/mol. The molecule has 0 aromatic heterocycles. The molecule has 3 aromatic rings.